The zero-order valence-corrected chi connectivity index (χ0v) is 11.4. The Balaban J connectivity index is 2.01. The number of para-hydroxylation sites is 1. The third-order valence-corrected chi connectivity index (χ3v) is 3.35. The van der Waals surface area contributed by atoms with E-state index in [0.29, 0.717) is 0 Å². The summed E-state index contributed by atoms with van der Waals surface area (Å²) in [5.74, 6) is 0.970. The fourth-order valence-electron chi connectivity index (χ4n) is 2.53. The van der Waals surface area contributed by atoms with Crippen LogP contribution in [0.4, 0.5) is 5.69 Å². The van der Waals surface area contributed by atoms with Crippen molar-refractivity contribution in [2.45, 2.75) is 25.8 Å². The van der Waals surface area contributed by atoms with Crippen molar-refractivity contribution in [3.05, 3.63) is 65.7 Å². The quantitative estimate of drug-likeness (QED) is 0.816. The standard InChI is InChI=1S/C17H18N2/c1-17(2)12-13-8-6-7-11-15(13)16(19-17)18-14-9-4-3-5-10-14/h3-11H,12H2,1-2H3,(H,18,19). The monoisotopic (exact) mass is 250 g/mol. The molecule has 2 aromatic rings. The Labute approximate surface area is 114 Å². The molecule has 96 valence electrons. The number of aliphatic imine (C=N–C) groups is 1. The lowest BCUT2D eigenvalue weighted by Gasteiger charge is -2.29. The van der Waals surface area contributed by atoms with Crippen LogP contribution in [0.2, 0.25) is 0 Å². The van der Waals surface area contributed by atoms with Gasteiger partial charge >= 0.3 is 0 Å². The molecular weight excluding hydrogens is 232 g/mol. The first-order valence-electron chi connectivity index (χ1n) is 6.64. The predicted molar refractivity (Wildman–Crippen MR) is 80.8 cm³/mol. The van der Waals surface area contributed by atoms with E-state index < -0.39 is 0 Å². The highest BCUT2D eigenvalue weighted by molar-refractivity contribution is 6.10. The van der Waals surface area contributed by atoms with Crippen LogP contribution in [0.15, 0.2) is 59.6 Å². The van der Waals surface area contributed by atoms with Gasteiger partial charge in [0, 0.05) is 11.3 Å². The van der Waals surface area contributed by atoms with Crippen LogP contribution in [0, 0.1) is 0 Å². The maximum Gasteiger partial charge on any atom is 0.133 e. The third kappa shape index (κ3) is 2.53. The summed E-state index contributed by atoms with van der Waals surface area (Å²) in [5, 5.41) is 3.44. The highest BCUT2D eigenvalue weighted by Gasteiger charge is 2.26. The van der Waals surface area contributed by atoms with Crippen molar-refractivity contribution in [2.24, 2.45) is 4.99 Å². The molecule has 0 radical (unpaired) electrons. The van der Waals surface area contributed by atoms with Gasteiger partial charge < -0.3 is 5.32 Å². The summed E-state index contributed by atoms with van der Waals surface area (Å²) >= 11 is 0. The minimum atomic E-state index is -0.0501. The van der Waals surface area contributed by atoms with Crippen molar-refractivity contribution >= 4 is 11.5 Å². The first kappa shape index (κ1) is 12.0. The molecule has 1 aliphatic heterocycles. The average molecular weight is 250 g/mol. The number of hydrogen-bond donors (Lipinski definition) is 1. The minimum absolute atomic E-state index is 0.0501. The van der Waals surface area contributed by atoms with Crippen molar-refractivity contribution in [3.8, 4) is 0 Å². The first-order valence-corrected chi connectivity index (χ1v) is 6.64. The topological polar surface area (TPSA) is 24.4 Å². The Morgan fingerprint density at radius 3 is 2.42 bits per heavy atom. The summed E-state index contributed by atoms with van der Waals surface area (Å²) in [6.07, 6.45) is 0.989. The van der Waals surface area contributed by atoms with Crippen LogP contribution in [0.3, 0.4) is 0 Å². The van der Waals surface area contributed by atoms with Crippen molar-refractivity contribution < 1.29 is 0 Å². The molecule has 2 nitrogen and oxygen atoms in total. The second-order valence-electron chi connectivity index (χ2n) is 5.60. The lowest BCUT2D eigenvalue weighted by Crippen LogP contribution is -2.32. The molecule has 0 fully saturated rings. The van der Waals surface area contributed by atoms with Crippen molar-refractivity contribution in [1.29, 1.82) is 0 Å². The van der Waals surface area contributed by atoms with Crippen molar-refractivity contribution in [3.63, 3.8) is 0 Å². The fourth-order valence-corrected chi connectivity index (χ4v) is 2.53. The van der Waals surface area contributed by atoms with Gasteiger partial charge in [0.1, 0.15) is 5.84 Å². The van der Waals surface area contributed by atoms with Gasteiger partial charge in [-0.1, -0.05) is 42.5 Å². The van der Waals surface area contributed by atoms with Crippen LogP contribution in [0.1, 0.15) is 25.0 Å². The summed E-state index contributed by atoms with van der Waals surface area (Å²) in [6.45, 7) is 4.35. The number of anilines is 1. The van der Waals surface area contributed by atoms with Gasteiger partial charge in [-0.05, 0) is 38.0 Å². The van der Waals surface area contributed by atoms with Crippen LogP contribution < -0.4 is 5.32 Å². The Morgan fingerprint density at radius 2 is 1.63 bits per heavy atom. The van der Waals surface area contributed by atoms with Crippen LogP contribution in [-0.4, -0.2) is 11.4 Å². The molecule has 0 atom stereocenters. The summed E-state index contributed by atoms with van der Waals surface area (Å²) in [7, 11) is 0. The molecule has 0 bridgehead atoms. The molecule has 0 unspecified atom stereocenters. The lowest BCUT2D eigenvalue weighted by atomic mass is 9.89. The van der Waals surface area contributed by atoms with Gasteiger partial charge in [0.05, 0.1) is 5.54 Å². The van der Waals surface area contributed by atoms with Crippen LogP contribution in [0.25, 0.3) is 0 Å². The van der Waals surface area contributed by atoms with Crippen LogP contribution >= 0.6 is 0 Å². The van der Waals surface area contributed by atoms with E-state index in [0.717, 1.165) is 17.9 Å². The Bertz CT molecular complexity index is 612. The predicted octanol–water partition coefficient (Wildman–Crippen LogP) is 3.88. The molecule has 0 aromatic heterocycles. The first-order chi connectivity index (χ1) is 9.14. The largest absolute Gasteiger partial charge is 0.340 e. The number of nitrogens with zero attached hydrogens (tertiary/aromatic N) is 1. The van der Waals surface area contributed by atoms with Gasteiger partial charge in [-0.3, -0.25) is 4.99 Å². The number of amidine groups is 1. The molecule has 0 saturated carbocycles. The van der Waals surface area contributed by atoms with E-state index in [4.69, 9.17) is 4.99 Å². The molecule has 0 spiro atoms. The average Bonchev–Trinajstić information content (AvgIpc) is 2.38. The van der Waals surface area contributed by atoms with Crippen molar-refractivity contribution in [2.75, 3.05) is 5.32 Å². The lowest BCUT2D eigenvalue weighted by molar-refractivity contribution is 0.513. The maximum atomic E-state index is 4.86. The van der Waals surface area contributed by atoms with Gasteiger partial charge in [-0.2, -0.15) is 0 Å². The molecule has 0 aliphatic carbocycles. The molecular formula is C17H18N2. The second kappa shape index (κ2) is 4.54. The van der Waals surface area contributed by atoms with E-state index in [1.54, 1.807) is 0 Å². The number of benzene rings is 2. The van der Waals surface area contributed by atoms with Crippen molar-refractivity contribution in [1.82, 2.24) is 0 Å². The van der Waals surface area contributed by atoms with Crippen LogP contribution in [0.5, 0.6) is 0 Å². The SMILES string of the molecule is CC1(C)Cc2ccccc2C(Nc2ccccc2)=N1. The fraction of sp³-hybridized carbons (Fsp3) is 0.235. The third-order valence-electron chi connectivity index (χ3n) is 3.35. The second-order valence-corrected chi connectivity index (χ2v) is 5.60. The zero-order chi connectivity index (χ0) is 13.3. The van der Waals surface area contributed by atoms with E-state index in [1.807, 2.05) is 18.2 Å². The van der Waals surface area contributed by atoms with E-state index in [9.17, 15) is 0 Å². The zero-order valence-electron chi connectivity index (χ0n) is 11.4. The number of nitrogens with one attached hydrogen (secondary N) is 1. The molecule has 0 amide bonds. The molecule has 1 heterocycles. The van der Waals surface area contributed by atoms with E-state index in [-0.39, 0.29) is 5.54 Å². The maximum absolute atomic E-state index is 4.86. The number of fused-ring (bicyclic) bond motifs is 1. The molecule has 1 N–H and O–H groups in total. The Kier molecular flexibility index (Phi) is 2.86. The van der Waals surface area contributed by atoms with Gasteiger partial charge in [-0.15, -0.1) is 0 Å². The summed E-state index contributed by atoms with van der Waals surface area (Å²) in [4.78, 5) is 4.86. The normalized spacial score (nSPS) is 16.4. The number of hydrogen-bond acceptors (Lipinski definition) is 2. The molecule has 0 saturated heterocycles. The molecule has 1 aliphatic rings. The van der Waals surface area contributed by atoms with Crippen LogP contribution in [-0.2, 0) is 6.42 Å². The van der Waals surface area contributed by atoms with Gasteiger partial charge in [0.2, 0.25) is 0 Å². The molecule has 3 rings (SSSR count). The van der Waals surface area contributed by atoms with E-state index in [2.05, 4.69) is 55.6 Å². The van der Waals surface area contributed by atoms with E-state index >= 15 is 0 Å². The molecule has 2 heteroatoms. The van der Waals surface area contributed by atoms with Gasteiger partial charge in [0.25, 0.3) is 0 Å². The molecule has 2 aromatic carbocycles. The van der Waals surface area contributed by atoms with Gasteiger partial charge in [-0.25, -0.2) is 0 Å². The number of rotatable bonds is 1. The minimum Gasteiger partial charge on any atom is -0.340 e. The highest BCUT2D eigenvalue weighted by Crippen LogP contribution is 2.27. The Hall–Kier alpha value is -2.09. The highest BCUT2D eigenvalue weighted by atomic mass is 15.0. The summed E-state index contributed by atoms with van der Waals surface area (Å²) in [6, 6.07) is 18.7. The Morgan fingerprint density at radius 1 is 0.947 bits per heavy atom. The molecule has 19 heavy (non-hydrogen) atoms. The van der Waals surface area contributed by atoms with E-state index in [1.165, 1.54) is 11.1 Å². The summed E-state index contributed by atoms with van der Waals surface area (Å²) in [5.41, 5.74) is 3.60. The summed E-state index contributed by atoms with van der Waals surface area (Å²) < 4.78 is 0. The van der Waals surface area contributed by atoms with Gasteiger partial charge in [0.15, 0.2) is 0 Å². The smallest absolute Gasteiger partial charge is 0.133 e.